The number of carboxylic acids is 1. The minimum absolute atomic E-state index is 0.103. The number of hydrogen-bond acceptors (Lipinski definition) is 3. The minimum Gasteiger partial charge on any atom is -0.480 e. The molecule has 1 atom stereocenters. The maximum atomic E-state index is 11.5. The maximum absolute atomic E-state index is 11.5. The Hall–Kier alpha value is -1.88. The van der Waals surface area contributed by atoms with Gasteiger partial charge in [0.25, 0.3) is 0 Å². The van der Waals surface area contributed by atoms with E-state index in [9.17, 15) is 14.7 Å². The summed E-state index contributed by atoms with van der Waals surface area (Å²) in [7, 11) is 0. The fourth-order valence-electron chi connectivity index (χ4n) is 3.06. The molecule has 1 aliphatic rings. The molecule has 22 heavy (non-hydrogen) atoms. The lowest BCUT2D eigenvalue weighted by Crippen LogP contribution is -2.43. The molecule has 1 fully saturated rings. The standard InChI is InChI=1S/C17H24N2O3/c1-12(20)19-15-9-7-13(8-10-15)11-18-16(17(21)22)14-5-3-2-4-6-14/h7-10,14,16,18H,2-6,11H2,1H3,(H,19,20)(H,21,22)/t16-/m0/s1. The van der Waals surface area contributed by atoms with E-state index < -0.39 is 12.0 Å². The van der Waals surface area contributed by atoms with Gasteiger partial charge in [-0.15, -0.1) is 0 Å². The van der Waals surface area contributed by atoms with Crippen LogP contribution in [0.3, 0.4) is 0 Å². The molecule has 5 heteroatoms. The molecule has 0 unspecified atom stereocenters. The van der Waals surface area contributed by atoms with Crippen molar-refractivity contribution in [3.8, 4) is 0 Å². The molecule has 5 nitrogen and oxygen atoms in total. The summed E-state index contributed by atoms with van der Waals surface area (Å²) in [6, 6.07) is 6.98. The quantitative estimate of drug-likeness (QED) is 0.755. The van der Waals surface area contributed by atoms with Gasteiger partial charge in [-0.3, -0.25) is 9.59 Å². The van der Waals surface area contributed by atoms with Crippen LogP contribution in [-0.2, 0) is 16.1 Å². The molecular formula is C17H24N2O3. The third-order valence-corrected chi connectivity index (χ3v) is 4.19. The number of anilines is 1. The van der Waals surface area contributed by atoms with E-state index >= 15 is 0 Å². The van der Waals surface area contributed by atoms with Gasteiger partial charge in [0, 0.05) is 19.2 Å². The van der Waals surface area contributed by atoms with Gasteiger partial charge in [0.15, 0.2) is 0 Å². The Kier molecular flexibility index (Phi) is 5.95. The first-order chi connectivity index (χ1) is 10.6. The number of carbonyl (C=O) groups is 2. The van der Waals surface area contributed by atoms with Crippen molar-refractivity contribution in [3.63, 3.8) is 0 Å². The lowest BCUT2D eigenvalue weighted by molar-refractivity contribution is -0.141. The second-order valence-electron chi connectivity index (χ2n) is 5.97. The average molecular weight is 304 g/mol. The van der Waals surface area contributed by atoms with E-state index in [1.54, 1.807) is 0 Å². The number of amides is 1. The number of benzene rings is 1. The monoisotopic (exact) mass is 304 g/mol. The summed E-state index contributed by atoms with van der Waals surface area (Å²) in [6.45, 7) is 1.99. The number of carbonyl (C=O) groups excluding carboxylic acids is 1. The fraction of sp³-hybridized carbons (Fsp3) is 0.529. The number of rotatable bonds is 6. The van der Waals surface area contributed by atoms with Crippen molar-refractivity contribution >= 4 is 17.6 Å². The third-order valence-electron chi connectivity index (χ3n) is 4.19. The first-order valence-electron chi connectivity index (χ1n) is 7.89. The Morgan fingerprint density at radius 1 is 1.18 bits per heavy atom. The van der Waals surface area contributed by atoms with Gasteiger partial charge in [0.2, 0.25) is 5.91 Å². The second kappa shape index (κ2) is 7.94. The van der Waals surface area contributed by atoms with Crippen LogP contribution in [-0.4, -0.2) is 23.0 Å². The van der Waals surface area contributed by atoms with Crippen molar-refractivity contribution in [1.29, 1.82) is 0 Å². The molecule has 0 radical (unpaired) electrons. The van der Waals surface area contributed by atoms with E-state index in [-0.39, 0.29) is 11.8 Å². The van der Waals surface area contributed by atoms with Crippen LogP contribution in [0.1, 0.15) is 44.6 Å². The van der Waals surface area contributed by atoms with Gasteiger partial charge in [0.1, 0.15) is 6.04 Å². The number of carboxylic acid groups (broad SMARTS) is 1. The van der Waals surface area contributed by atoms with Crippen LogP contribution in [0.15, 0.2) is 24.3 Å². The number of aliphatic carboxylic acids is 1. The molecule has 1 amide bonds. The molecule has 0 heterocycles. The highest BCUT2D eigenvalue weighted by Gasteiger charge is 2.28. The first-order valence-corrected chi connectivity index (χ1v) is 7.89. The van der Waals surface area contributed by atoms with Crippen molar-refractivity contribution in [2.45, 2.75) is 51.6 Å². The zero-order valence-corrected chi connectivity index (χ0v) is 13.0. The number of hydrogen-bond donors (Lipinski definition) is 3. The molecule has 3 N–H and O–H groups in total. The summed E-state index contributed by atoms with van der Waals surface area (Å²) in [6.07, 6.45) is 5.45. The lowest BCUT2D eigenvalue weighted by atomic mass is 9.84. The van der Waals surface area contributed by atoms with Gasteiger partial charge in [0.05, 0.1) is 0 Å². The molecule has 0 aromatic heterocycles. The molecule has 120 valence electrons. The van der Waals surface area contributed by atoms with E-state index in [2.05, 4.69) is 10.6 Å². The molecular weight excluding hydrogens is 280 g/mol. The van der Waals surface area contributed by atoms with Crippen LogP contribution in [0.5, 0.6) is 0 Å². The van der Waals surface area contributed by atoms with E-state index in [1.165, 1.54) is 13.3 Å². The van der Waals surface area contributed by atoms with E-state index in [0.717, 1.165) is 36.9 Å². The molecule has 2 rings (SSSR count). The van der Waals surface area contributed by atoms with Crippen molar-refractivity contribution in [2.24, 2.45) is 5.92 Å². The molecule has 0 saturated heterocycles. The van der Waals surface area contributed by atoms with Gasteiger partial charge in [-0.2, -0.15) is 0 Å². The second-order valence-corrected chi connectivity index (χ2v) is 5.97. The predicted octanol–water partition coefficient (Wildman–Crippen LogP) is 2.77. The highest BCUT2D eigenvalue weighted by atomic mass is 16.4. The summed E-state index contributed by atoms with van der Waals surface area (Å²) < 4.78 is 0. The summed E-state index contributed by atoms with van der Waals surface area (Å²) in [5.74, 6) is -0.638. The summed E-state index contributed by atoms with van der Waals surface area (Å²) >= 11 is 0. The van der Waals surface area contributed by atoms with E-state index in [1.807, 2.05) is 24.3 Å². The smallest absolute Gasteiger partial charge is 0.320 e. The van der Waals surface area contributed by atoms with Gasteiger partial charge in [-0.05, 0) is 36.5 Å². The molecule has 1 aromatic rings. The van der Waals surface area contributed by atoms with Crippen LogP contribution in [0.2, 0.25) is 0 Å². The summed E-state index contributed by atoms with van der Waals surface area (Å²) in [4.78, 5) is 22.5. The minimum atomic E-state index is -0.762. The Balaban J connectivity index is 1.91. The Morgan fingerprint density at radius 2 is 1.82 bits per heavy atom. The third kappa shape index (κ3) is 4.84. The largest absolute Gasteiger partial charge is 0.480 e. The molecule has 0 aliphatic heterocycles. The Bertz CT molecular complexity index is 507. The van der Waals surface area contributed by atoms with Crippen LogP contribution in [0.4, 0.5) is 5.69 Å². The predicted molar refractivity (Wildman–Crippen MR) is 85.6 cm³/mol. The molecule has 1 aliphatic carbocycles. The summed E-state index contributed by atoms with van der Waals surface area (Å²) in [5, 5.41) is 15.3. The van der Waals surface area contributed by atoms with Crippen LogP contribution in [0, 0.1) is 5.92 Å². The van der Waals surface area contributed by atoms with Gasteiger partial charge in [-0.25, -0.2) is 0 Å². The van der Waals surface area contributed by atoms with Crippen molar-refractivity contribution in [3.05, 3.63) is 29.8 Å². The van der Waals surface area contributed by atoms with Crippen molar-refractivity contribution in [2.75, 3.05) is 5.32 Å². The van der Waals surface area contributed by atoms with Gasteiger partial charge < -0.3 is 15.7 Å². The summed E-state index contributed by atoms with van der Waals surface area (Å²) in [5.41, 5.74) is 1.76. The molecule has 1 aromatic carbocycles. The maximum Gasteiger partial charge on any atom is 0.320 e. The van der Waals surface area contributed by atoms with Gasteiger partial charge in [-0.1, -0.05) is 31.4 Å². The zero-order chi connectivity index (χ0) is 15.9. The molecule has 0 bridgehead atoms. The topological polar surface area (TPSA) is 78.4 Å². The normalized spacial score (nSPS) is 17.0. The van der Waals surface area contributed by atoms with E-state index in [0.29, 0.717) is 6.54 Å². The average Bonchev–Trinajstić information content (AvgIpc) is 2.49. The molecule has 1 saturated carbocycles. The number of nitrogens with one attached hydrogen (secondary N) is 2. The SMILES string of the molecule is CC(=O)Nc1ccc(CN[C@H](C(=O)O)C2CCCCC2)cc1. The Labute approximate surface area is 131 Å². The Morgan fingerprint density at radius 3 is 2.36 bits per heavy atom. The highest BCUT2D eigenvalue weighted by molar-refractivity contribution is 5.88. The van der Waals surface area contributed by atoms with Crippen LogP contribution < -0.4 is 10.6 Å². The lowest BCUT2D eigenvalue weighted by Gasteiger charge is -2.28. The highest BCUT2D eigenvalue weighted by Crippen LogP contribution is 2.26. The van der Waals surface area contributed by atoms with Gasteiger partial charge >= 0.3 is 5.97 Å². The zero-order valence-electron chi connectivity index (χ0n) is 13.0. The first kappa shape index (κ1) is 16.5. The van der Waals surface area contributed by atoms with Crippen molar-refractivity contribution in [1.82, 2.24) is 5.32 Å². The van der Waals surface area contributed by atoms with E-state index in [4.69, 9.17) is 0 Å². The fourth-order valence-corrected chi connectivity index (χ4v) is 3.06. The van der Waals surface area contributed by atoms with Crippen LogP contribution in [0.25, 0.3) is 0 Å². The van der Waals surface area contributed by atoms with Crippen LogP contribution >= 0.6 is 0 Å². The van der Waals surface area contributed by atoms with Crippen molar-refractivity contribution < 1.29 is 14.7 Å². The molecule has 0 spiro atoms.